The third kappa shape index (κ3) is 2.48. The molecular weight excluding hydrogens is 280 g/mol. The van der Waals surface area contributed by atoms with E-state index in [0.717, 1.165) is 0 Å². The molecule has 0 amide bonds. The van der Waals surface area contributed by atoms with Crippen LogP contribution in [0.5, 0.6) is 0 Å². The van der Waals surface area contributed by atoms with Crippen LogP contribution in [0.4, 0.5) is 0 Å². The molecular formula is C12H22N4O3S. The van der Waals surface area contributed by atoms with Crippen molar-refractivity contribution in [3.8, 4) is 0 Å². The highest BCUT2D eigenvalue weighted by Crippen LogP contribution is 2.25. The van der Waals surface area contributed by atoms with Crippen LogP contribution in [-0.4, -0.2) is 71.8 Å². The molecule has 0 unspecified atom stereocenters. The number of β-amino-alcohol motifs (C(OH)–C–C–N with tert-alkyl or cyclic N) is 1. The second kappa shape index (κ2) is 5.44. The van der Waals surface area contributed by atoms with Gasteiger partial charge in [-0.25, -0.2) is 8.42 Å². The summed E-state index contributed by atoms with van der Waals surface area (Å²) in [6, 6.07) is -0.175. The zero-order valence-corrected chi connectivity index (χ0v) is 13.1. The Bertz CT molecular complexity index is 582. The van der Waals surface area contributed by atoms with Crippen molar-refractivity contribution in [1.29, 1.82) is 0 Å². The smallest absolute Gasteiger partial charge is 0.246 e. The Morgan fingerprint density at radius 2 is 2.10 bits per heavy atom. The Morgan fingerprint density at radius 1 is 1.45 bits per heavy atom. The third-order valence-electron chi connectivity index (χ3n) is 3.86. The van der Waals surface area contributed by atoms with Crippen LogP contribution in [0.2, 0.25) is 0 Å². The molecule has 0 spiro atoms. The van der Waals surface area contributed by atoms with Crippen molar-refractivity contribution in [1.82, 2.24) is 19.0 Å². The van der Waals surface area contributed by atoms with Crippen molar-refractivity contribution in [3.63, 3.8) is 0 Å². The van der Waals surface area contributed by atoms with Gasteiger partial charge in [0.05, 0.1) is 24.0 Å². The first-order chi connectivity index (χ1) is 9.28. The maximum absolute atomic E-state index is 12.6. The number of sulfonamides is 1. The summed E-state index contributed by atoms with van der Waals surface area (Å²) in [6.07, 6.45) is 0.727. The molecule has 20 heavy (non-hydrogen) atoms. The van der Waals surface area contributed by atoms with Gasteiger partial charge in [0.15, 0.2) is 0 Å². The second-order valence-corrected chi connectivity index (χ2v) is 7.24. The van der Waals surface area contributed by atoms with Crippen molar-refractivity contribution >= 4 is 10.0 Å². The van der Waals surface area contributed by atoms with Gasteiger partial charge >= 0.3 is 0 Å². The monoisotopic (exact) mass is 302 g/mol. The van der Waals surface area contributed by atoms with Crippen LogP contribution >= 0.6 is 0 Å². The summed E-state index contributed by atoms with van der Waals surface area (Å²) in [5, 5.41) is 14.1. The Hall–Kier alpha value is -0.960. The van der Waals surface area contributed by atoms with E-state index in [2.05, 4.69) is 5.10 Å². The quantitative estimate of drug-likeness (QED) is 0.812. The SMILES string of the molecule is CCn1ncc(S(=O)(=O)N2C[C@@H](O)[C@H](N(C)C)C2)c1C. The minimum absolute atomic E-state index is 0.127. The van der Waals surface area contributed by atoms with Gasteiger partial charge in [-0.15, -0.1) is 0 Å². The average molecular weight is 302 g/mol. The Balaban J connectivity index is 2.30. The molecule has 0 radical (unpaired) electrons. The van der Waals surface area contributed by atoms with Crippen LogP contribution in [0.15, 0.2) is 11.1 Å². The molecule has 1 aliphatic heterocycles. The molecule has 0 bridgehead atoms. The van der Waals surface area contributed by atoms with E-state index in [1.807, 2.05) is 25.9 Å². The molecule has 8 heteroatoms. The summed E-state index contributed by atoms with van der Waals surface area (Å²) in [6.45, 7) is 4.72. The zero-order chi connectivity index (χ0) is 15.1. The van der Waals surface area contributed by atoms with E-state index in [0.29, 0.717) is 18.8 Å². The number of aromatic nitrogens is 2. The maximum atomic E-state index is 12.6. The van der Waals surface area contributed by atoms with Crippen LogP contribution in [0.25, 0.3) is 0 Å². The van der Waals surface area contributed by atoms with E-state index >= 15 is 0 Å². The first-order valence-corrected chi connectivity index (χ1v) is 8.10. The predicted octanol–water partition coefficient (Wildman–Crippen LogP) is -0.493. The van der Waals surface area contributed by atoms with Crippen molar-refractivity contribution in [2.45, 2.75) is 37.4 Å². The minimum atomic E-state index is -3.59. The first kappa shape index (κ1) is 15.4. The van der Waals surface area contributed by atoms with E-state index in [-0.39, 0.29) is 17.5 Å². The van der Waals surface area contributed by atoms with Crippen molar-refractivity contribution in [2.24, 2.45) is 0 Å². The van der Waals surface area contributed by atoms with E-state index < -0.39 is 16.1 Å². The van der Waals surface area contributed by atoms with Gasteiger partial charge in [-0.2, -0.15) is 9.40 Å². The number of rotatable bonds is 4. The average Bonchev–Trinajstić information content (AvgIpc) is 2.93. The van der Waals surface area contributed by atoms with E-state index in [1.165, 1.54) is 10.5 Å². The fourth-order valence-electron chi connectivity index (χ4n) is 2.58. The Kier molecular flexibility index (Phi) is 4.19. The van der Waals surface area contributed by atoms with E-state index in [9.17, 15) is 13.5 Å². The molecule has 0 aromatic carbocycles. The molecule has 2 rings (SSSR count). The Labute approximate surface area is 119 Å². The van der Waals surface area contributed by atoms with Crippen LogP contribution in [0, 0.1) is 6.92 Å². The Morgan fingerprint density at radius 3 is 2.55 bits per heavy atom. The lowest BCUT2D eigenvalue weighted by molar-refractivity contribution is 0.113. The summed E-state index contributed by atoms with van der Waals surface area (Å²) < 4.78 is 28.3. The fraction of sp³-hybridized carbons (Fsp3) is 0.750. The van der Waals surface area contributed by atoms with Gasteiger partial charge in [0, 0.05) is 19.6 Å². The number of hydrogen-bond donors (Lipinski definition) is 1. The highest BCUT2D eigenvalue weighted by atomic mass is 32.2. The van der Waals surface area contributed by atoms with Crippen LogP contribution in [0.3, 0.4) is 0 Å². The lowest BCUT2D eigenvalue weighted by Crippen LogP contribution is -2.38. The molecule has 7 nitrogen and oxygen atoms in total. The van der Waals surface area contributed by atoms with Crippen LogP contribution in [-0.2, 0) is 16.6 Å². The number of hydrogen-bond acceptors (Lipinski definition) is 5. The molecule has 2 heterocycles. The summed E-state index contributed by atoms with van der Waals surface area (Å²) in [4.78, 5) is 2.08. The lowest BCUT2D eigenvalue weighted by atomic mass is 10.2. The van der Waals surface area contributed by atoms with E-state index in [4.69, 9.17) is 0 Å². The predicted molar refractivity (Wildman–Crippen MR) is 74.9 cm³/mol. The van der Waals surface area contributed by atoms with Gasteiger partial charge < -0.3 is 10.0 Å². The molecule has 2 atom stereocenters. The molecule has 1 aromatic rings. The van der Waals surface area contributed by atoms with Crippen molar-refractivity contribution in [3.05, 3.63) is 11.9 Å². The first-order valence-electron chi connectivity index (χ1n) is 6.66. The summed E-state index contributed by atoms with van der Waals surface area (Å²) in [5.74, 6) is 0. The zero-order valence-electron chi connectivity index (χ0n) is 12.3. The normalized spacial score (nSPS) is 24.7. The molecule has 1 aliphatic rings. The molecule has 0 saturated carbocycles. The number of likely N-dealkylation sites (N-methyl/N-ethyl adjacent to an activating group) is 1. The third-order valence-corrected chi connectivity index (χ3v) is 5.80. The van der Waals surface area contributed by atoms with E-state index in [1.54, 1.807) is 11.6 Å². The minimum Gasteiger partial charge on any atom is -0.390 e. The molecule has 1 fully saturated rings. The molecule has 1 aromatic heterocycles. The summed E-state index contributed by atoms with van der Waals surface area (Å²) in [7, 11) is 0.0807. The van der Waals surface area contributed by atoms with Crippen molar-refractivity contribution < 1.29 is 13.5 Å². The molecule has 0 aliphatic carbocycles. The largest absolute Gasteiger partial charge is 0.390 e. The topological polar surface area (TPSA) is 78.7 Å². The maximum Gasteiger partial charge on any atom is 0.246 e. The number of aryl methyl sites for hydroxylation is 1. The number of aliphatic hydroxyl groups is 1. The van der Waals surface area contributed by atoms with Gasteiger partial charge in [0.1, 0.15) is 4.90 Å². The highest BCUT2D eigenvalue weighted by molar-refractivity contribution is 7.89. The summed E-state index contributed by atoms with van der Waals surface area (Å²) >= 11 is 0. The number of nitrogens with zero attached hydrogens (tertiary/aromatic N) is 4. The van der Waals surface area contributed by atoms with Crippen LogP contribution < -0.4 is 0 Å². The fourth-order valence-corrected chi connectivity index (χ4v) is 4.21. The van der Waals surface area contributed by atoms with Gasteiger partial charge in [-0.1, -0.05) is 0 Å². The molecule has 1 N–H and O–H groups in total. The molecule has 114 valence electrons. The lowest BCUT2D eigenvalue weighted by Gasteiger charge is -2.21. The van der Waals surface area contributed by atoms with Crippen LogP contribution in [0.1, 0.15) is 12.6 Å². The van der Waals surface area contributed by atoms with Crippen molar-refractivity contribution in [2.75, 3.05) is 27.2 Å². The number of aliphatic hydroxyl groups excluding tert-OH is 1. The van der Waals surface area contributed by atoms with Gasteiger partial charge in [0.2, 0.25) is 10.0 Å². The standard InChI is InChI=1S/C12H22N4O3S/c1-5-16-9(2)12(6-13-16)20(18,19)15-7-10(14(3)4)11(17)8-15/h6,10-11,17H,5,7-8H2,1-4H3/t10-,11-/m1/s1. The van der Waals surface area contributed by atoms with Gasteiger partial charge in [0.25, 0.3) is 0 Å². The highest BCUT2D eigenvalue weighted by Gasteiger charge is 2.40. The summed E-state index contributed by atoms with van der Waals surface area (Å²) in [5.41, 5.74) is 0.635. The molecule has 1 saturated heterocycles. The van der Waals surface area contributed by atoms with Gasteiger partial charge in [-0.3, -0.25) is 4.68 Å². The van der Waals surface area contributed by atoms with Gasteiger partial charge in [-0.05, 0) is 27.9 Å². The second-order valence-electron chi connectivity index (χ2n) is 5.33.